The summed E-state index contributed by atoms with van der Waals surface area (Å²) in [6, 6.07) is 6.70. The van der Waals surface area contributed by atoms with E-state index in [0.717, 1.165) is 12.8 Å². The largest absolute Gasteiger partial charge is 0.427 e. The normalized spacial score (nSPS) is 15.6. The van der Waals surface area contributed by atoms with Gasteiger partial charge in [0.15, 0.2) is 5.78 Å². The third-order valence-corrected chi connectivity index (χ3v) is 3.42. The lowest BCUT2D eigenvalue weighted by Crippen LogP contribution is -2.12. The summed E-state index contributed by atoms with van der Waals surface area (Å²) in [7, 11) is 0. The fourth-order valence-corrected chi connectivity index (χ4v) is 2.38. The average molecular weight is 246 g/mol. The van der Waals surface area contributed by atoms with Gasteiger partial charge >= 0.3 is 5.97 Å². The summed E-state index contributed by atoms with van der Waals surface area (Å²) in [6.45, 7) is 1.51. The molecule has 2 rings (SSSR count). The van der Waals surface area contributed by atoms with Crippen LogP contribution in [0.25, 0.3) is 0 Å². The molecule has 1 saturated carbocycles. The van der Waals surface area contributed by atoms with Crippen molar-refractivity contribution in [1.82, 2.24) is 0 Å². The molecule has 3 heteroatoms. The molecule has 1 aromatic rings. The maximum absolute atomic E-state index is 11.7. The average Bonchev–Trinajstić information content (AvgIpc) is 2.82. The predicted octanol–water partition coefficient (Wildman–Crippen LogP) is 3.37. The summed E-state index contributed by atoms with van der Waals surface area (Å²) in [6.07, 6.45) is 5.24. The van der Waals surface area contributed by atoms with Crippen molar-refractivity contribution >= 4 is 11.8 Å². The van der Waals surface area contributed by atoms with Crippen molar-refractivity contribution < 1.29 is 14.3 Å². The SMILES string of the molecule is CC(=O)c1ccc(OC(=O)CC2CCCC2)cc1. The molecule has 0 spiro atoms. The second-order valence-electron chi connectivity index (χ2n) is 4.91. The molecule has 0 bridgehead atoms. The second-order valence-corrected chi connectivity index (χ2v) is 4.91. The molecule has 0 amide bonds. The molecule has 0 radical (unpaired) electrons. The highest BCUT2D eigenvalue weighted by molar-refractivity contribution is 5.94. The van der Waals surface area contributed by atoms with Crippen LogP contribution < -0.4 is 4.74 Å². The minimum absolute atomic E-state index is 0.0128. The number of Topliss-reactive ketones (excluding diaryl/α,β-unsaturated/α-hetero) is 1. The fraction of sp³-hybridized carbons (Fsp3) is 0.467. The van der Waals surface area contributed by atoms with E-state index in [-0.39, 0.29) is 11.8 Å². The van der Waals surface area contributed by atoms with Gasteiger partial charge in [0, 0.05) is 12.0 Å². The molecule has 1 aliphatic carbocycles. The molecule has 0 saturated heterocycles. The van der Waals surface area contributed by atoms with Crippen LogP contribution in [0.3, 0.4) is 0 Å². The number of ether oxygens (including phenoxy) is 1. The first-order valence-electron chi connectivity index (χ1n) is 6.47. The van der Waals surface area contributed by atoms with E-state index < -0.39 is 0 Å². The van der Waals surface area contributed by atoms with Crippen LogP contribution in [0.1, 0.15) is 49.4 Å². The third-order valence-electron chi connectivity index (χ3n) is 3.42. The van der Waals surface area contributed by atoms with E-state index >= 15 is 0 Å². The highest BCUT2D eigenvalue weighted by Crippen LogP contribution is 2.28. The summed E-state index contributed by atoms with van der Waals surface area (Å²) >= 11 is 0. The first-order valence-corrected chi connectivity index (χ1v) is 6.47. The molecule has 1 fully saturated rings. The second kappa shape index (κ2) is 5.80. The number of ketones is 1. The van der Waals surface area contributed by atoms with Crippen molar-refractivity contribution in [1.29, 1.82) is 0 Å². The highest BCUT2D eigenvalue weighted by atomic mass is 16.5. The minimum atomic E-state index is -0.169. The number of hydrogen-bond donors (Lipinski definition) is 0. The van der Waals surface area contributed by atoms with Gasteiger partial charge in [0.25, 0.3) is 0 Å². The van der Waals surface area contributed by atoms with E-state index in [4.69, 9.17) is 4.74 Å². The summed E-state index contributed by atoms with van der Waals surface area (Å²) in [5.74, 6) is 0.855. The van der Waals surface area contributed by atoms with E-state index in [1.165, 1.54) is 19.8 Å². The van der Waals surface area contributed by atoms with Crippen LogP contribution >= 0.6 is 0 Å². The van der Waals surface area contributed by atoms with Gasteiger partial charge in [-0.15, -0.1) is 0 Å². The number of esters is 1. The molecular weight excluding hydrogens is 228 g/mol. The van der Waals surface area contributed by atoms with Crippen LogP contribution in [0.5, 0.6) is 5.75 Å². The van der Waals surface area contributed by atoms with Crippen molar-refractivity contribution in [3.05, 3.63) is 29.8 Å². The molecule has 0 heterocycles. The number of rotatable bonds is 4. The van der Waals surface area contributed by atoms with Crippen molar-refractivity contribution in [2.24, 2.45) is 5.92 Å². The molecule has 3 nitrogen and oxygen atoms in total. The van der Waals surface area contributed by atoms with Crippen LogP contribution in [-0.4, -0.2) is 11.8 Å². The van der Waals surface area contributed by atoms with Gasteiger partial charge in [-0.25, -0.2) is 0 Å². The molecule has 18 heavy (non-hydrogen) atoms. The molecule has 0 atom stereocenters. The van der Waals surface area contributed by atoms with Gasteiger partial charge in [0.05, 0.1) is 0 Å². The van der Waals surface area contributed by atoms with Gasteiger partial charge in [0.1, 0.15) is 5.75 Å². The van der Waals surface area contributed by atoms with Gasteiger partial charge in [-0.2, -0.15) is 0 Å². The quantitative estimate of drug-likeness (QED) is 0.464. The maximum atomic E-state index is 11.7. The summed E-state index contributed by atoms with van der Waals surface area (Å²) in [4.78, 5) is 22.8. The van der Waals surface area contributed by atoms with E-state index in [1.54, 1.807) is 24.3 Å². The summed E-state index contributed by atoms with van der Waals surface area (Å²) in [5.41, 5.74) is 0.630. The van der Waals surface area contributed by atoms with Crippen LogP contribution in [0.15, 0.2) is 24.3 Å². The molecule has 96 valence electrons. The Morgan fingerprint density at radius 2 is 1.78 bits per heavy atom. The lowest BCUT2D eigenvalue weighted by Gasteiger charge is -2.08. The first-order chi connectivity index (χ1) is 8.65. The smallest absolute Gasteiger partial charge is 0.311 e. The summed E-state index contributed by atoms with van der Waals surface area (Å²) < 4.78 is 5.26. The molecule has 0 N–H and O–H groups in total. The zero-order valence-electron chi connectivity index (χ0n) is 10.6. The lowest BCUT2D eigenvalue weighted by atomic mass is 10.0. The zero-order valence-corrected chi connectivity index (χ0v) is 10.6. The van der Waals surface area contributed by atoms with E-state index in [1.807, 2.05) is 0 Å². The molecule has 1 aromatic carbocycles. The predicted molar refractivity (Wildman–Crippen MR) is 68.7 cm³/mol. The fourth-order valence-electron chi connectivity index (χ4n) is 2.38. The zero-order chi connectivity index (χ0) is 13.0. The monoisotopic (exact) mass is 246 g/mol. The minimum Gasteiger partial charge on any atom is -0.427 e. The molecule has 1 aliphatic rings. The summed E-state index contributed by atoms with van der Waals surface area (Å²) in [5, 5.41) is 0. The van der Waals surface area contributed by atoms with Gasteiger partial charge in [-0.05, 0) is 49.9 Å². The number of carbonyl (C=O) groups is 2. The van der Waals surface area contributed by atoms with Gasteiger partial charge in [-0.3, -0.25) is 9.59 Å². The van der Waals surface area contributed by atoms with Crippen molar-refractivity contribution in [3.63, 3.8) is 0 Å². The Balaban J connectivity index is 1.88. The van der Waals surface area contributed by atoms with Crippen molar-refractivity contribution in [3.8, 4) is 5.75 Å². The van der Waals surface area contributed by atoms with Gasteiger partial charge in [0.2, 0.25) is 0 Å². The number of hydrogen-bond acceptors (Lipinski definition) is 3. The van der Waals surface area contributed by atoms with E-state index in [9.17, 15) is 9.59 Å². The topological polar surface area (TPSA) is 43.4 Å². The molecule has 0 aromatic heterocycles. The van der Waals surface area contributed by atoms with Crippen molar-refractivity contribution in [2.45, 2.75) is 39.0 Å². The Bertz CT molecular complexity index is 428. The first kappa shape index (κ1) is 12.8. The molecular formula is C15H18O3. The van der Waals surface area contributed by atoms with Gasteiger partial charge < -0.3 is 4.74 Å². The Hall–Kier alpha value is -1.64. The van der Waals surface area contributed by atoms with Crippen LogP contribution in [0.4, 0.5) is 0 Å². The Morgan fingerprint density at radius 1 is 1.17 bits per heavy atom. The Morgan fingerprint density at radius 3 is 2.33 bits per heavy atom. The van der Waals surface area contributed by atoms with Crippen LogP contribution in [0, 0.1) is 5.92 Å². The van der Waals surface area contributed by atoms with Crippen LogP contribution in [0.2, 0.25) is 0 Å². The molecule has 0 aliphatic heterocycles. The number of benzene rings is 1. The van der Waals surface area contributed by atoms with Gasteiger partial charge in [-0.1, -0.05) is 12.8 Å². The highest BCUT2D eigenvalue weighted by Gasteiger charge is 2.19. The van der Waals surface area contributed by atoms with E-state index in [2.05, 4.69) is 0 Å². The van der Waals surface area contributed by atoms with Crippen LogP contribution in [-0.2, 0) is 4.79 Å². The Kier molecular flexibility index (Phi) is 4.13. The Labute approximate surface area is 107 Å². The standard InChI is InChI=1S/C15H18O3/c1-11(16)13-6-8-14(9-7-13)18-15(17)10-12-4-2-3-5-12/h6-9,12H,2-5,10H2,1H3. The maximum Gasteiger partial charge on any atom is 0.311 e. The molecule has 0 unspecified atom stereocenters. The number of carbonyl (C=O) groups excluding carboxylic acids is 2. The third kappa shape index (κ3) is 3.42. The van der Waals surface area contributed by atoms with Crippen molar-refractivity contribution in [2.75, 3.05) is 0 Å². The lowest BCUT2D eigenvalue weighted by molar-refractivity contribution is -0.135. The van der Waals surface area contributed by atoms with E-state index in [0.29, 0.717) is 23.7 Å².